The largest absolute Gasteiger partial charge is 0.444 e. The molecule has 0 aromatic heterocycles. The number of hydrogen-bond acceptors (Lipinski definition) is 4. The van der Waals surface area contributed by atoms with Crippen LogP contribution in [0.3, 0.4) is 0 Å². The van der Waals surface area contributed by atoms with Gasteiger partial charge in [-0.1, -0.05) is 6.58 Å². The van der Waals surface area contributed by atoms with Gasteiger partial charge in [-0.3, -0.25) is 0 Å². The minimum absolute atomic E-state index is 0.0249. The van der Waals surface area contributed by atoms with Crippen molar-refractivity contribution < 1.29 is 17.9 Å². The van der Waals surface area contributed by atoms with E-state index in [9.17, 15) is 13.2 Å². The maximum absolute atomic E-state index is 11.9. The van der Waals surface area contributed by atoms with E-state index in [1.807, 2.05) is 0 Å². The van der Waals surface area contributed by atoms with E-state index in [4.69, 9.17) is 4.74 Å². The molecule has 0 aliphatic heterocycles. The zero-order valence-electron chi connectivity index (χ0n) is 13.5. The molecule has 7 heteroatoms. The number of rotatable bonds is 6. The van der Waals surface area contributed by atoms with Crippen LogP contribution < -0.4 is 10.0 Å². The van der Waals surface area contributed by atoms with E-state index >= 15 is 0 Å². The second-order valence-corrected chi connectivity index (χ2v) is 8.41. The van der Waals surface area contributed by atoms with E-state index < -0.39 is 21.7 Å². The number of amides is 1. The highest BCUT2D eigenvalue weighted by molar-refractivity contribution is 7.89. The van der Waals surface area contributed by atoms with Crippen LogP contribution >= 0.6 is 0 Å². The first-order valence-corrected chi connectivity index (χ1v) is 9.07. The fourth-order valence-electron chi connectivity index (χ4n) is 2.44. The molecule has 1 rings (SSSR count). The first-order valence-electron chi connectivity index (χ1n) is 7.42. The number of sulfonamides is 1. The van der Waals surface area contributed by atoms with Crippen LogP contribution in [0.1, 0.15) is 40.0 Å². The van der Waals surface area contributed by atoms with Crippen molar-refractivity contribution >= 4 is 16.1 Å². The van der Waals surface area contributed by atoms with E-state index in [2.05, 4.69) is 22.3 Å². The van der Waals surface area contributed by atoms with Crippen molar-refractivity contribution in [1.29, 1.82) is 0 Å². The molecule has 0 spiro atoms. The maximum atomic E-state index is 11.9. The third-order valence-corrected chi connectivity index (χ3v) is 4.78. The molecule has 2 N–H and O–H groups in total. The lowest BCUT2D eigenvalue weighted by Gasteiger charge is -2.21. The highest BCUT2D eigenvalue weighted by Crippen LogP contribution is 2.27. The lowest BCUT2D eigenvalue weighted by Crippen LogP contribution is -2.38. The average Bonchev–Trinajstić information content (AvgIpc) is 2.72. The van der Waals surface area contributed by atoms with Crippen molar-refractivity contribution in [3.05, 3.63) is 18.4 Å². The molecule has 1 fully saturated rings. The van der Waals surface area contributed by atoms with E-state index in [1.165, 1.54) is 6.08 Å². The summed E-state index contributed by atoms with van der Waals surface area (Å²) in [6, 6.07) is -0.0249. The molecular weight excluding hydrogens is 304 g/mol. The first-order chi connectivity index (χ1) is 10.1. The van der Waals surface area contributed by atoms with Crippen LogP contribution in [-0.4, -0.2) is 38.5 Å². The number of nitrogens with one attached hydrogen (secondary N) is 2. The van der Waals surface area contributed by atoms with Gasteiger partial charge in [-0.2, -0.15) is 0 Å². The summed E-state index contributed by atoms with van der Waals surface area (Å²) < 4.78 is 31.5. The summed E-state index contributed by atoms with van der Waals surface area (Å²) >= 11 is 0. The quantitative estimate of drug-likeness (QED) is 0.729. The van der Waals surface area contributed by atoms with Gasteiger partial charge in [0.15, 0.2) is 0 Å². The molecule has 1 aliphatic rings. The zero-order chi connectivity index (χ0) is 16.8. The molecule has 0 aromatic rings. The molecule has 1 amide bonds. The highest BCUT2D eigenvalue weighted by atomic mass is 32.2. The predicted octanol–water partition coefficient (Wildman–Crippen LogP) is 1.94. The molecule has 1 saturated carbocycles. The fraction of sp³-hybridized carbons (Fsp3) is 0.733. The van der Waals surface area contributed by atoms with Gasteiger partial charge in [-0.15, -0.1) is 5.73 Å². The number of alkyl carbamates (subject to hydrolysis) is 1. The number of carbonyl (C=O) groups is 1. The Morgan fingerprint density at radius 1 is 1.41 bits per heavy atom. The summed E-state index contributed by atoms with van der Waals surface area (Å²) in [5.74, 6) is 0.120. The molecule has 0 saturated heterocycles. The van der Waals surface area contributed by atoms with Crippen LogP contribution in [0.15, 0.2) is 18.4 Å². The van der Waals surface area contributed by atoms with Crippen LogP contribution in [0.25, 0.3) is 0 Å². The van der Waals surface area contributed by atoms with E-state index in [0.717, 1.165) is 12.8 Å². The van der Waals surface area contributed by atoms with Gasteiger partial charge in [-0.25, -0.2) is 17.9 Å². The molecule has 6 nitrogen and oxygen atoms in total. The van der Waals surface area contributed by atoms with Crippen molar-refractivity contribution in [2.45, 2.75) is 51.7 Å². The number of ether oxygens (including phenoxy) is 1. The Bertz CT molecular complexity index is 530. The summed E-state index contributed by atoms with van der Waals surface area (Å²) in [5.41, 5.74) is 1.98. The molecule has 0 unspecified atom stereocenters. The highest BCUT2D eigenvalue weighted by Gasteiger charge is 2.30. The van der Waals surface area contributed by atoms with Crippen molar-refractivity contribution in [3.8, 4) is 0 Å². The van der Waals surface area contributed by atoms with Gasteiger partial charge < -0.3 is 10.1 Å². The Hall–Kier alpha value is -1.30. The first kappa shape index (κ1) is 18.7. The summed E-state index contributed by atoms with van der Waals surface area (Å²) in [6.45, 7) is 9.00. The SMILES string of the molecule is C=C=CCNS(=O)(=O)C[C@H]1CC[C@@H](NC(=O)OC(C)(C)C)C1. The topological polar surface area (TPSA) is 84.5 Å². The Morgan fingerprint density at radius 2 is 2.09 bits per heavy atom. The smallest absolute Gasteiger partial charge is 0.407 e. The standard InChI is InChI=1S/C15H26N2O4S/c1-5-6-9-16-22(19,20)11-12-7-8-13(10-12)17-14(18)21-15(2,3)4/h6,12-13,16H,1,7-11H2,2-4H3,(H,17,18)/t12-,13+/m0/s1. The molecule has 0 aromatic carbocycles. The van der Waals surface area contributed by atoms with Crippen molar-refractivity contribution in [2.75, 3.05) is 12.3 Å². The maximum Gasteiger partial charge on any atom is 0.407 e. The van der Waals surface area contributed by atoms with Crippen LogP contribution in [0, 0.1) is 5.92 Å². The molecule has 126 valence electrons. The number of hydrogen-bond donors (Lipinski definition) is 2. The van der Waals surface area contributed by atoms with E-state index in [-0.39, 0.29) is 24.3 Å². The normalized spacial score (nSPS) is 22.0. The van der Waals surface area contributed by atoms with Gasteiger partial charge in [0.05, 0.1) is 5.75 Å². The second kappa shape index (κ2) is 7.81. The second-order valence-electron chi connectivity index (χ2n) is 6.56. The van der Waals surface area contributed by atoms with Crippen LogP contribution in [0.2, 0.25) is 0 Å². The average molecular weight is 330 g/mol. The van der Waals surface area contributed by atoms with Gasteiger partial charge >= 0.3 is 6.09 Å². The molecule has 1 aliphatic carbocycles. The Kier molecular flexibility index (Phi) is 6.66. The summed E-state index contributed by atoms with van der Waals surface area (Å²) in [7, 11) is -3.31. The predicted molar refractivity (Wildman–Crippen MR) is 86.0 cm³/mol. The fourth-order valence-corrected chi connectivity index (χ4v) is 3.82. The van der Waals surface area contributed by atoms with Crippen LogP contribution in [-0.2, 0) is 14.8 Å². The van der Waals surface area contributed by atoms with E-state index in [0.29, 0.717) is 6.42 Å². The summed E-state index contributed by atoms with van der Waals surface area (Å²) in [5, 5.41) is 2.80. The molecule has 22 heavy (non-hydrogen) atoms. The minimum Gasteiger partial charge on any atom is -0.444 e. The van der Waals surface area contributed by atoms with Crippen molar-refractivity contribution in [3.63, 3.8) is 0 Å². The van der Waals surface area contributed by atoms with E-state index in [1.54, 1.807) is 20.8 Å². The van der Waals surface area contributed by atoms with Crippen molar-refractivity contribution in [2.24, 2.45) is 5.92 Å². The Morgan fingerprint density at radius 3 is 2.68 bits per heavy atom. The van der Waals surface area contributed by atoms with Gasteiger partial charge in [0, 0.05) is 12.6 Å². The molecule has 0 bridgehead atoms. The Balaban J connectivity index is 2.39. The molecule has 0 radical (unpaired) electrons. The lowest BCUT2D eigenvalue weighted by atomic mass is 10.1. The molecule has 2 atom stereocenters. The summed E-state index contributed by atoms with van der Waals surface area (Å²) in [4.78, 5) is 11.7. The minimum atomic E-state index is -3.31. The molecule has 0 heterocycles. The monoisotopic (exact) mass is 330 g/mol. The van der Waals surface area contributed by atoms with Crippen LogP contribution in [0.5, 0.6) is 0 Å². The van der Waals surface area contributed by atoms with Gasteiger partial charge in [0.2, 0.25) is 10.0 Å². The van der Waals surface area contributed by atoms with Crippen LogP contribution in [0.4, 0.5) is 4.79 Å². The zero-order valence-corrected chi connectivity index (χ0v) is 14.3. The van der Waals surface area contributed by atoms with Gasteiger partial charge in [0.1, 0.15) is 5.60 Å². The molecular formula is C15H26N2O4S. The number of carbonyl (C=O) groups excluding carboxylic acids is 1. The third-order valence-electron chi connectivity index (χ3n) is 3.27. The third kappa shape index (κ3) is 7.64. The van der Waals surface area contributed by atoms with Gasteiger partial charge in [-0.05, 0) is 52.0 Å². The van der Waals surface area contributed by atoms with Gasteiger partial charge in [0.25, 0.3) is 0 Å². The van der Waals surface area contributed by atoms with Crippen molar-refractivity contribution in [1.82, 2.24) is 10.0 Å². The summed E-state index contributed by atoms with van der Waals surface area (Å²) in [6.07, 6.45) is 3.27. The Labute approximate surface area is 133 Å². The lowest BCUT2D eigenvalue weighted by molar-refractivity contribution is 0.0505.